The van der Waals surface area contributed by atoms with Crippen molar-refractivity contribution in [3.8, 4) is 5.75 Å². The first-order valence-electron chi connectivity index (χ1n) is 8.53. The predicted octanol–water partition coefficient (Wildman–Crippen LogP) is 4.97. The molecule has 0 unspecified atom stereocenters. The second kappa shape index (κ2) is 7.94. The number of para-hydroxylation sites is 1. The van der Waals surface area contributed by atoms with Gasteiger partial charge in [-0.3, -0.25) is 9.78 Å². The van der Waals surface area contributed by atoms with E-state index in [1.807, 2.05) is 55.5 Å². The number of nitrogens with one attached hydrogen (secondary N) is 1. The van der Waals surface area contributed by atoms with Gasteiger partial charge in [-0.2, -0.15) is 0 Å². The van der Waals surface area contributed by atoms with E-state index in [1.54, 1.807) is 6.20 Å². The molecule has 0 bridgehead atoms. The molecule has 2 heterocycles. The fourth-order valence-corrected chi connectivity index (χ4v) is 4.46. The molecule has 1 amide bonds. The van der Waals surface area contributed by atoms with Gasteiger partial charge in [0, 0.05) is 16.5 Å². The Morgan fingerprint density at radius 1 is 1.19 bits per heavy atom. The lowest BCUT2D eigenvalue weighted by molar-refractivity contribution is -0.113. The Balaban J connectivity index is 1.44. The van der Waals surface area contributed by atoms with Crippen molar-refractivity contribution < 1.29 is 9.53 Å². The number of anilines is 1. The molecule has 0 aliphatic rings. The monoisotopic (exact) mass is 395 g/mol. The van der Waals surface area contributed by atoms with Gasteiger partial charge in [0.1, 0.15) is 5.75 Å². The number of thiazole rings is 1. The van der Waals surface area contributed by atoms with Crippen LogP contribution in [0.2, 0.25) is 0 Å². The topological polar surface area (TPSA) is 64.1 Å². The van der Waals surface area contributed by atoms with Crippen LogP contribution < -0.4 is 10.1 Å². The van der Waals surface area contributed by atoms with Crippen molar-refractivity contribution in [1.29, 1.82) is 0 Å². The average molecular weight is 396 g/mol. The first-order chi connectivity index (χ1) is 13.2. The van der Waals surface area contributed by atoms with Crippen molar-refractivity contribution in [2.45, 2.75) is 11.8 Å². The van der Waals surface area contributed by atoms with Crippen LogP contribution in [0.4, 0.5) is 5.13 Å². The third kappa shape index (κ3) is 4.04. The van der Waals surface area contributed by atoms with Crippen molar-refractivity contribution in [3.63, 3.8) is 0 Å². The Bertz CT molecular complexity index is 1110. The third-order valence-electron chi connectivity index (χ3n) is 3.89. The van der Waals surface area contributed by atoms with Gasteiger partial charge in [0.05, 0.1) is 28.1 Å². The van der Waals surface area contributed by atoms with Crippen LogP contribution in [0, 0.1) is 0 Å². The molecular formula is C20H17N3O2S2. The molecule has 0 spiro atoms. The smallest absolute Gasteiger partial charge is 0.236 e. The summed E-state index contributed by atoms with van der Waals surface area (Å²) in [6.07, 6.45) is 1.77. The van der Waals surface area contributed by atoms with E-state index in [0.717, 1.165) is 31.8 Å². The lowest BCUT2D eigenvalue weighted by Crippen LogP contribution is -2.13. The predicted molar refractivity (Wildman–Crippen MR) is 112 cm³/mol. The van der Waals surface area contributed by atoms with Crippen molar-refractivity contribution in [2.24, 2.45) is 0 Å². The number of carbonyl (C=O) groups excluding carboxylic acids is 1. The Morgan fingerprint density at radius 2 is 2.07 bits per heavy atom. The third-order valence-corrected chi connectivity index (χ3v) is 5.89. The second-order valence-electron chi connectivity index (χ2n) is 5.74. The maximum Gasteiger partial charge on any atom is 0.236 e. The van der Waals surface area contributed by atoms with E-state index in [4.69, 9.17) is 4.74 Å². The number of hydrogen-bond acceptors (Lipinski definition) is 6. The summed E-state index contributed by atoms with van der Waals surface area (Å²) in [6, 6.07) is 15.6. The fraction of sp³-hybridized carbons (Fsp3) is 0.150. The molecule has 0 radical (unpaired) electrons. The van der Waals surface area contributed by atoms with Crippen molar-refractivity contribution in [2.75, 3.05) is 17.7 Å². The molecule has 2 aromatic heterocycles. The van der Waals surface area contributed by atoms with Gasteiger partial charge < -0.3 is 10.1 Å². The molecule has 2 aromatic carbocycles. The molecule has 27 heavy (non-hydrogen) atoms. The average Bonchev–Trinajstić information content (AvgIpc) is 3.08. The maximum atomic E-state index is 12.4. The molecule has 0 saturated heterocycles. The summed E-state index contributed by atoms with van der Waals surface area (Å²) in [5, 5.41) is 4.55. The molecule has 4 aromatic rings. The van der Waals surface area contributed by atoms with Crippen LogP contribution in [0.5, 0.6) is 5.75 Å². The molecule has 0 atom stereocenters. The standard InChI is InChI=1S/C20H17N3O2S2/c1-2-25-13-7-8-16-18(11-13)27-20(22-16)23-19(24)12-26-17-9-10-21-15-6-4-3-5-14(15)17/h3-11H,2,12H2,1H3,(H,22,23,24). The number of hydrogen-bond donors (Lipinski definition) is 1. The molecular weight excluding hydrogens is 378 g/mol. The molecule has 0 aliphatic carbocycles. The number of aromatic nitrogens is 2. The Hall–Kier alpha value is -2.64. The van der Waals surface area contributed by atoms with Crippen molar-refractivity contribution in [1.82, 2.24) is 9.97 Å². The van der Waals surface area contributed by atoms with Gasteiger partial charge in [-0.15, -0.1) is 11.8 Å². The van der Waals surface area contributed by atoms with Crippen LogP contribution in [0.1, 0.15) is 6.92 Å². The number of carbonyl (C=O) groups is 1. The van der Waals surface area contributed by atoms with Crippen molar-refractivity contribution in [3.05, 3.63) is 54.7 Å². The minimum absolute atomic E-state index is 0.0787. The van der Waals surface area contributed by atoms with Gasteiger partial charge in [0.2, 0.25) is 5.91 Å². The zero-order chi connectivity index (χ0) is 18.6. The minimum Gasteiger partial charge on any atom is -0.494 e. The summed E-state index contributed by atoms with van der Waals surface area (Å²) < 4.78 is 6.50. The summed E-state index contributed by atoms with van der Waals surface area (Å²) in [7, 11) is 0. The Morgan fingerprint density at radius 3 is 2.96 bits per heavy atom. The summed E-state index contributed by atoms with van der Waals surface area (Å²) in [6.45, 7) is 2.57. The molecule has 1 N–H and O–H groups in total. The largest absolute Gasteiger partial charge is 0.494 e. The molecule has 7 heteroatoms. The number of fused-ring (bicyclic) bond motifs is 2. The fourth-order valence-electron chi connectivity index (χ4n) is 2.71. The molecule has 0 aliphatic heterocycles. The summed E-state index contributed by atoms with van der Waals surface area (Å²) in [4.78, 5) is 22.2. The van der Waals surface area contributed by atoms with E-state index in [9.17, 15) is 4.79 Å². The molecule has 136 valence electrons. The van der Waals surface area contributed by atoms with E-state index in [2.05, 4.69) is 15.3 Å². The van der Waals surface area contributed by atoms with E-state index in [-0.39, 0.29) is 5.91 Å². The highest BCUT2D eigenvalue weighted by molar-refractivity contribution is 8.00. The number of nitrogens with zero attached hydrogens (tertiary/aromatic N) is 2. The highest BCUT2D eigenvalue weighted by atomic mass is 32.2. The molecule has 0 fully saturated rings. The number of pyridine rings is 1. The lowest BCUT2D eigenvalue weighted by atomic mass is 10.2. The lowest BCUT2D eigenvalue weighted by Gasteiger charge is -2.05. The van der Waals surface area contributed by atoms with Gasteiger partial charge in [0.15, 0.2) is 5.13 Å². The number of rotatable bonds is 6. The van der Waals surface area contributed by atoms with Crippen LogP contribution in [-0.2, 0) is 4.79 Å². The molecule has 0 saturated carbocycles. The zero-order valence-corrected chi connectivity index (χ0v) is 16.3. The van der Waals surface area contributed by atoms with Gasteiger partial charge in [0.25, 0.3) is 0 Å². The highest BCUT2D eigenvalue weighted by Gasteiger charge is 2.10. The Kier molecular flexibility index (Phi) is 5.22. The maximum absolute atomic E-state index is 12.4. The molecule has 5 nitrogen and oxygen atoms in total. The van der Waals surface area contributed by atoms with Gasteiger partial charge in [-0.25, -0.2) is 4.98 Å². The number of benzene rings is 2. The molecule has 4 rings (SSSR count). The highest BCUT2D eigenvalue weighted by Crippen LogP contribution is 2.30. The van der Waals surface area contributed by atoms with Gasteiger partial charge in [-0.1, -0.05) is 29.5 Å². The summed E-state index contributed by atoms with van der Waals surface area (Å²) in [5.74, 6) is 1.05. The summed E-state index contributed by atoms with van der Waals surface area (Å²) in [5.41, 5.74) is 1.78. The van der Waals surface area contributed by atoms with E-state index in [1.165, 1.54) is 23.1 Å². The zero-order valence-electron chi connectivity index (χ0n) is 14.6. The van der Waals surface area contributed by atoms with Crippen LogP contribution in [-0.4, -0.2) is 28.2 Å². The van der Waals surface area contributed by atoms with Crippen LogP contribution in [0.3, 0.4) is 0 Å². The Labute approximate surface area is 164 Å². The van der Waals surface area contributed by atoms with Crippen molar-refractivity contribution >= 4 is 55.3 Å². The van der Waals surface area contributed by atoms with Gasteiger partial charge >= 0.3 is 0 Å². The first kappa shape index (κ1) is 17.8. The minimum atomic E-state index is -0.0787. The number of thioether (sulfide) groups is 1. The van der Waals surface area contributed by atoms with E-state index < -0.39 is 0 Å². The normalized spacial score (nSPS) is 11.0. The summed E-state index contributed by atoms with van der Waals surface area (Å²) >= 11 is 2.95. The SMILES string of the molecule is CCOc1ccc2nc(NC(=O)CSc3ccnc4ccccc34)sc2c1. The number of amides is 1. The van der Waals surface area contributed by atoms with Crippen LogP contribution in [0.25, 0.3) is 21.1 Å². The first-order valence-corrected chi connectivity index (χ1v) is 10.3. The number of ether oxygens (including phenoxy) is 1. The quantitative estimate of drug-likeness (QED) is 0.467. The van der Waals surface area contributed by atoms with Gasteiger partial charge in [-0.05, 0) is 37.3 Å². The van der Waals surface area contributed by atoms with E-state index in [0.29, 0.717) is 17.5 Å². The van der Waals surface area contributed by atoms with Crippen LogP contribution in [0.15, 0.2) is 59.6 Å². The second-order valence-corrected chi connectivity index (χ2v) is 7.79. The van der Waals surface area contributed by atoms with E-state index >= 15 is 0 Å². The van der Waals surface area contributed by atoms with Crippen LogP contribution >= 0.6 is 23.1 Å².